The van der Waals surface area contributed by atoms with Gasteiger partial charge in [0, 0.05) is 44.6 Å². The van der Waals surface area contributed by atoms with Crippen LogP contribution in [0.4, 0.5) is 22.1 Å². The summed E-state index contributed by atoms with van der Waals surface area (Å²) in [5.41, 5.74) is 4.35. The van der Waals surface area contributed by atoms with Crippen LogP contribution in [-0.4, -0.2) is 72.5 Å². The van der Waals surface area contributed by atoms with Crippen LogP contribution in [0.25, 0.3) is 0 Å². The fourth-order valence-corrected chi connectivity index (χ4v) is 4.15. The van der Waals surface area contributed by atoms with Gasteiger partial charge < -0.3 is 20.1 Å². The molecule has 2 aliphatic heterocycles. The molecule has 3 heterocycles. The molecular weight excluding hydrogens is 432 g/mol. The van der Waals surface area contributed by atoms with Gasteiger partial charge in [-0.15, -0.1) is 0 Å². The molecule has 0 spiro atoms. The van der Waals surface area contributed by atoms with E-state index in [4.69, 9.17) is 9.47 Å². The number of amides is 1. The lowest BCUT2D eigenvalue weighted by Crippen LogP contribution is -2.44. The van der Waals surface area contributed by atoms with E-state index < -0.39 is 5.60 Å². The topological polar surface area (TPSA) is 91.9 Å². The fraction of sp³-hybridized carbons (Fsp3) is 0.560. The number of benzene rings is 1. The van der Waals surface area contributed by atoms with Gasteiger partial charge in [-0.05, 0) is 70.0 Å². The normalized spacial score (nSPS) is 16.6. The Balaban J connectivity index is 1.50. The molecule has 1 fully saturated rings. The number of aryl methyl sites for hydroxylation is 1. The summed E-state index contributed by atoms with van der Waals surface area (Å²) in [4.78, 5) is 26.3. The maximum absolute atomic E-state index is 13.1. The van der Waals surface area contributed by atoms with Crippen molar-refractivity contribution in [3.8, 4) is 0 Å². The van der Waals surface area contributed by atoms with Crippen molar-refractivity contribution < 1.29 is 14.3 Å². The van der Waals surface area contributed by atoms with Crippen LogP contribution in [0.2, 0.25) is 0 Å². The molecule has 1 aromatic heterocycles. The zero-order chi connectivity index (χ0) is 24.1. The van der Waals surface area contributed by atoms with Gasteiger partial charge in [0.15, 0.2) is 0 Å². The van der Waals surface area contributed by atoms with Crippen molar-refractivity contribution in [3.63, 3.8) is 0 Å². The first kappa shape index (κ1) is 24.4. The smallest absolute Gasteiger partial charge is 0.414 e. The highest BCUT2D eigenvalue weighted by Crippen LogP contribution is 2.27. The molecule has 34 heavy (non-hydrogen) atoms. The average Bonchev–Trinajstić information content (AvgIpc) is 2.80. The summed E-state index contributed by atoms with van der Waals surface area (Å²) in [7, 11) is 0. The Morgan fingerprint density at radius 1 is 1.29 bits per heavy atom. The quantitative estimate of drug-likeness (QED) is 0.668. The van der Waals surface area contributed by atoms with E-state index in [1.807, 2.05) is 52.1 Å². The lowest BCUT2D eigenvalue weighted by molar-refractivity contribution is 0.0375. The maximum atomic E-state index is 13.1. The number of anilines is 3. The summed E-state index contributed by atoms with van der Waals surface area (Å²) in [6, 6.07) is 5.93. The molecule has 1 aromatic carbocycles. The molecule has 0 aliphatic carbocycles. The summed E-state index contributed by atoms with van der Waals surface area (Å²) in [6.45, 7) is 13.9. The number of aromatic nitrogens is 2. The van der Waals surface area contributed by atoms with E-state index in [9.17, 15) is 4.79 Å². The van der Waals surface area contributed by atoms with Gasteiger partial charge in [-0.2, -0.15) is 0 Å². The predicted octanol–water partition coefficient (Wildman–Crippen LogP) is 3.25. The second-order valence-corrected chi connectivity index (χ2v) is 9.80. The van der Waals surface area contributed by atoms with Gasteiger partial charge in [0.05, 0.1) is 24.6 Å². The highest BCUT2D eigenvalue weighted by atomic mass is 16.6. The number of nitrogens with zero attached hydrogens (tertiary/aromatic N) is 4. The lowest BCUT2D eigenvalue weighted by atomic mass is 10.1. The van der Waals surface area contributed by atoms with Crippen LogP contribution in [0.5, 0.6) is 0 Å². The summed E-state index contributed by atoms with van der Waals surface area (Å²) in [5, 5.41) is 6.65. The van der Waals surface area contributed by atoms with Gasteiger partial charge in [0.25, 0.3) is 0 Å². The van der Waals surface area contributed by atoms with Crippen LogP contribution >= 0.6 is 0 Å². The molecule has 4 rings (SSSR count). The number of ether oxygens (including phenoxy) is 2. The average molecular weight is 469 g/mol. The van der Waals surface area contributed by atoms with Crippen LogP contribution in [0.3, 0.4) is 0 Å². The Hall–Kier alpha value is -2.75. The molecule has 0 bridgehead atoms. The molecule has 9 heteroatoms. The molecule has 0 saturated carbocycles. The van der Waals surface area contributed by atoms with Gasteiger partial charge >= 0.3 is 6.09 Å². The minimum atomic E-state index is -0.567. The highest BCUT2D eigenvalue weighted by molar-refractivity contribution is 5.89. The number of fused-ring (bicyclic) bond motifs is 1. The van der Waals surface area contributed by atoms with Crippen molar-refractivity contribution in [1.29, 1.82) is 0 Å². The number of morpholine rings is 1. The zero-order valence-electron chi connectivity index (χ0n) is 20.7. The number of carbonyl (C=O) groups excluding carboxylic acids is 1. The molecule has 2 aliphatic rings. The molecule has 0 atom stereocenters. The van der Waals surface area contributed by atoms with Crippen molar-refractivity contribution in [3.05, 3.63) is 41.2 Å². The Morgan fingerprint density at radius 3 is 2.82 bits per heavy atom. The van der Waals surface area contributed by atoms with Crippen LogP contribution in [0, 0.1) is 6.92 Å². The van der Waals surface area contributed by atoms with Gasteiger partial charge in [0.1, 0.15) is 5.60 Å². The van der Waals surface area contributed by atoms with Crippen LogP contribution in [0.15, 0.2) is 24.4 Å². The second kappa shape index (κ2) is 10.7. The molecule has 0 radical (unpaired) electrons. The number of hydrogen-bond acceptors (Lipinski definition) is 8. The third-order valence-corrected chi connectivity index (χ3v) is 5.92. The monoisotopic (exact) mass is 468 g/mol. The first-order valence-corrected chi connectivity index (χ1v) is 12.0. The SMILES string of the molecule is Cc1cc(Nc2ncc3c(n2)CNCC3)ccc1N(CCN1CCOCC1)C(=O)OC(C)(C)C. The van der Waals surface area contributed by atoms with Crippen LogP contribution in [0.1, 0.15) is 37.6 Å². The van der Waals surface area contributed by atoms with Crippen molar-refractivity contribution in [1.82, 2.24) is 20.2 Å². The van der Waals surface area contributed by atoms with Gasteiger partial charge in [-0.25, -0.2) is 14.8 Å². The van der Waals surface area contributed by atoms with Gasteiger partial charge in [-0.1, -0.05) is 0 Å². The lowest BCUT2D eigenvalue weighted by Gasteiger charge is -2.32. The Morgan fingerprint density at radius 2 is 2.09 bits per heavy atom. The number of hydrogen-bond donors (Lipinski definition) is 2. The third kappa shape index (κ3) is 6.43. The molecule has 0 unspecified atom stereocenters. The maximum Gasteiger partial charge on any atom is 0.414 e. The first-order valence-electron chi connectivity index (χ1n) is 12.0. The van der Waals surface area contributed by atoms with E-state index >= 15 is 0 Å². The van der Waals surface area contributed by atoms with E-state index in [0.717, 1.165) is 75.0 Å². The fourth-order valence-electron chi connectivity index (χ4n) is 4.15. The molecule has 184 valence electrons. The minimum Gasteiger partial charge on any atom is -0.443 e. The molecule has 1 amide bonds. The van der Waals surface area contributed by atoms with Crippen molar-refractivity contribution >= 4 is 23.4 Å². The Bertz CT molecular complexity index is 1000. The first-order chi connectivity index (χ1) is 16.3. The largest absolute Gasteiger partial charge is 0.443 e. The van der Waals surface area contributed by atoms with Crippen molar-refractivity contribution in [2.75, 3.05) is 56.2 Å². The number of carbonyl (C=O) groups is 1. The molecule has 9 nitrogen and oxygen atoms in total. The van der Waals surface area contributed by atoms with Crippen LogP contribution < -0.4 is 15.5 Å². The minimum absolute atomic E-state index is 0.338. The van der Waals surface area contributed by atoms with Gasteiger partial charge in [-0.3, -0.25) is 9.80 Å². The van der Waals surface area contributed by atoms with E-state index in [1.54, 1.807) is 4.90 Å². The van der Waals surface area contributed by atoms with Gasteiger partial charge in [0.2, 0.25) is 5.95 Å². The third-order valence-electron chi connectivity index (χ3n) is 5.92. The second-order valence-electron chi connectivity index (χ2n) is 9.80. The number of rotatable bonds is 6. The van der Waals surface area contributed by atoms with Crippen LogP contribution in [-0.2, 0) is 22.4 Å². The van der Waals surface area contributed by atoms with E-state index in [-0.39, 0.29) is 6.09 Å². The predicted molar refractivity (Wildman–Crippen MR) is 133 cm³/mol. The standard InChI is InChI=1S/C25H36N6O3/c1-18-15-20(28-23-27-16-19-7-8-26-17-21(19)29-23)5-6-22(18)31(24(32)34-25(2,3)4)10-9-30-11-13-33-14-12-30/h5-6,15-16,26H,7-14,17H2,1-4H3,(H,27,28,29). The summed E-state index contributed by atoms with van der Waals surface area (Å²) in [6.07, 6.45) is 2.52. The van der Waals surface area contributed by atoms with Crippen molar-refractivity contribution in [2.24, 2.45) is 0 Å². The van der Waals surface area contributed by atoms with E-state index in [1.165, 1.54) is 5.56 Å². The van der Waals surface area contributed by atoms with Crippen molar-refractivity contribution in [2.45, 2.75) is 46.3 Å². The molecule has 2 N–H and O–H groups in total. The molecule has 1 saturated heterocycles. The molecular formula is C25H36N6O3. The Labute approximate surface area is 201 Å². The Kier molecular flexibility index (Phi) is 7.65. The summed E-state index contributed by atoms with van der Waals surface area (Å²) >= 11 is 0. The summed E-state index contributed by atoms with van der Waals surface area (Å²) in [5.74, 6) is 0.575. The number of nitrogens with one attached hydrogen (secondary N) is 2. The van der Waals surface area contributed by atoms with E-state index in [0.29, 0.717) is 12.5 Å². The zero-order valence-corrected chi connectivity index (χ0v) is 20.7. The summed E-state index contributed by atoms with van der Waals surface area (Å²) < 4.78 is 11.2. The molecule has 2 aromatic rings. The van der Waals surface area contributed by atoms with E-state index in [2.05, 4.69) is 25.5 Å². The highest BCUT2D eigenvalue weighted by Gasteiger charge is 2.25.